The van der Waals surface area contributed by atoms with Gasteiger partial charge in [0.1, 0.15) is 0 Å². The third-order valence-electron chi connectivity index (χ3n) is 3.44. The van der Waals surface area contributed by atoms with Crippen LogP contribution >= 0.6 is 0 Å². The molecule has 2 unspecified atom stereocenters. The Kier molecular flexibility index (Phi) is 2.99. The van der Waals surface area contributed by atoms with Gasteiger partial charge in [0.15, 0.2) is 6.10 Å². The summed E-state index contributed by atoms with van der Waals surface area (Å²) >= 11 is 0. The summed E-state index contributed by atoms with van der Waals surface area (Å²) in [7, 11) is 0. The van der Waals surface area contributed by atoms with Gasteiger partial charge in [-0.1, -0.05) is 13.8 Å². The Balaban J connectivity index is 1.85. The minimum Gasteiger partial charge on any atom is -0.479 e. The summed E-state index contributed by atoms with van der Waals surface area (Å²) in [6.07, 6.45) is 0.0764. The first kappa shape index (κ1) is 12.2. The SMILES string of the molecule is CC1(C)CC1NC(=O)N1CCOC(C(=O)O)C1. The van der Waals surface area contributed by atoms with E-state index in [0.29, 0.717) is 6.54 Å². The van der Waals surface area contributed by atoms with Crippen molar-refractivity contribution in [3.8, 4) is 0 Å². The van der Waals surface area contributed by atoms with Gasteiger partial charge in [0.05, 0.1) is 13.2 Å². The highest BCUT2D eigenvalue weighted by atomic mass is 16.5. The Morgan fingerprint density at radius 1 is 1.47 bits per heavy atom. The molecule has 1 aliphatic heterocycles. The van der Waals surface area contributed by atoms with E-state index in [9.17, 15) is 9.59 Å². The lowest BCUT2D eigenvalue weighted by Gasteiger charge is -2.31. The Bertz CT molecular complexity index is 342. The van der Waals surface area contributed by atoms with Crippen molar-refractivity contribution in [2.75, 3.05) is 19.7 Å². The van der Waals surface area contributed by atoms with Gasteiger partial charge in [-0.05, 0) is 11.8 Å². The minimum atomic E-state index is -1.02. The Morgan fingerprint density at radius 2 is 2.12 bits per heavy atom. The van der Waals surface area contributed by atoms with Gasteiger partial charge in [-0.2, -0.15) is 0 Å². The molecule has 1 saturated heterocycles. The number of aliphatic carboxylic acids is 1. The molecule has 6 heteroatoms. The van der Waals surface area contributed by atoms with E-state index in [0.717, 1.165) is 6.42 Å². The molecule has 0 aromatic carbocycles. The second-order valence-corrected chi connectivity index (χ2v) is 5.34. The Hall–Kier alpha value is -1.30. The zero-order chi connectivity index (χ0) is 12.6. The number of hydrogen-bond acceptors (Lipinski definition) is 3. The van der Waals surface area contributed by atoms with Gasteiger partial charge in [0.25, 0.3) is 0 Å². The fraction of sp³-hybridized carbons (Fsp3) is 0.818. The molecule has 0 aromatic heterocycles. The number of carboxylic acid groups (broad SMARTS) is 1. The molecule has 17 heavy (non-hydrogen) atoms. The van der Waals surface area contributed by atoms with Gasteiger partial charge in [-0.25, -0.2) is 9.59 Å². The van der Waals surface area contributed by atoms with Crippen molar-refractivity contribution in [2.24, 2.45) is 5.41 Å². The van der Waals surface area contributed by atoms with Crippen molar-refractivity contribution in [2.45, 2.75) is 32.4 Å². The van der Waals surface area contributed by atoms with E-state index in [1.807, 2.05) is 0 Å². The average molecular weight is 242 g/mol. The van der Waals surface area contributed by atoms with Crippen LogP contribution in [0.4, 0.5) is 4.79 Å². The highest BCUT2D eigenvalue weighted by Crippen LogP contribution is 2.44. The normalized spacial score (nSPS) is 30.8. The van der Waals surface area contributed by atoms with Gasteiger partial charge in [-0.15, -0.1) is 0 Å². The lowest BCUT2D eigenvalue weighted by molar-refractivity contribution is -0.154. The predicted octanol–water partition coefficient (Wildman–Crippen LogP) is 0.280. The van der Waals surface area contributed by atoms with Gasteiger partial charge in [0, 0.05) is 12.6 Å². The van der Waals surface area contributed by atoms with Crippen LogP contribution in [0.1, 0.15) is 20.3 Å². The summed E-state index contributed by atoms with van der Waals surface area (Å²) in [6.45, 7) is 5.03. The van der Waals surface area contributed by atoms with Crippen LogP contribution in [-0.2, 0) is 9.53 Å². The fourth-order valence-corrected chi connectivity index (χ4v) is 1.94. The first-order valence-corrected chi connectivity index (χ1v) is 5.80. The number of rotatable bonds is 2. The fourth-order valence-electron chi connectivity index (χ4n) is 1.94. The van der Waals surface area contributed by atoms with Crippen LogP contribution in [-0.4, -0.2) is 53.8 Å². The number of hydrogen-bond donors (Lipinski definition) is 2. The quantitative estimate of drug-likeness (QED) is 0.729. The van der Waals surface area contributed by atoms with Crippen LogP contribution in [0, 0.1) is 5.41 Å². The molecule has 1 saturated carbocycles. The van der Waals surface area contributed by atoms with Crippen molar-refractivity contribution >= 4 is 12.0 Å². The number of amides is 2. The number of carbonyl (C=O) groups excluding carboxylic acids is 1. The van der Waals surface area contributed by atoms with E-state index in [4.69, 9.17) is 9.84 Å². The molecule has 6 nitrogen and oxygen atoms in total. The standard InChI is InChI=1S/C11H18N2O4/c1-11(2)5-8(11)12-10(16)13-3-4-17-7(6-13)9(14)15/h7-8H,3-6H2,1-2H3,(H,12,16)(H,14,15). The number of ether oxygens (including phenoxy) is 1. The number of carboxylic acids is 1. The second kappa shape index (κ2) is 4.18. The summed E-state index contributed by atoms with van der Waals surface area (Å²) < 4.78 is 5.06. The molecule has 2 rings (SSSR count). The lowest BCUT2D eigenvalue weighted by atomic mass is 10.2. The molecule has 96 valence electrons. The molecule has 2 atom stereocenters. The lowest BCUT2D eigenvalue weighted by Crippen LogP contribution is -2.52. The summed E-state index contributed by atoms with van der Waals surface area (Å²) in [6, 6.07) is 0.0243. The van der Waals surface area contributed by atoms with Gasteiger partial charge in [0.2, 0.25) is 0 Å². The molecular weight excluding hydrogens is 224 g/mol. The average Bonchev–Trinajstić information content (AvgIpc) is 2.86. The van der Waals surface area contributed by atoms with Gasteiger partial charge in [-0.3, -0.25) is 0 Å². The van der Waals surface area contributed by atoms with Crippen molar-refractivity contribution in [1.82, 2.24) is 10.2 Å². The maximum Gasteiger partial charge on any atom is 0.334 e. The molecule has 0 spiro atoms. The molecule has 1 heterocycles. The van der Waals surface area contributed by atoms with E-state index >= 15 is 0 Å². The van der Waals surface area contributed by atoms with Crippen molar-refractivity contribution in [3.05, 3.63) is 0 Å². The second-order valence-electron chi connectivity index (χ2n) is 5.34. The first-order valence-electron chi connectivity index (χ1n) is 5.80. The highest BCUT2D eigenvalue weighted by Gasteiger charge is 2.47. The van der Waals surface area contributed by atoms with Crippen LogP contribution in [0.3, 0.4) is 0 Å². The van der Waals surface area contributed by atoms with Crippen molar-refractivity contribution in [3.63, 3.8) is 0 Å². The maximum absolute atomic E-state index is 11.9. The zero-order valence-electron chi connectivity index (χ0n) is 10.1. The molecule has 2 aliphatic rings. The number of morpholine rings is 1. The smallest absolute Gasteiger partial charge is 0.334 e. The first-order chi connectivity index (χ1) is 7.90. The van der Waals surface area contributed by atoms with Crippen LogP contribution in [0.15, 0.2) is 0 Å². The summed E-state index contributed by atoms with van der Waals surface area (Å²) in [5.41, 5.74) is 0.175. The molecule has 2 N–H and O–H groups in total. The molecule has 0 radical (unpaired) electrons. The van der Waals surface area contributed by atoms with Crippen LogP contribution in [0.2, 0.25) is 0 Å². The van der Waals surface area contributed by atoms with Crippen LogP contribution in [0.25, 0.3) is 0 Å². The maximum atomic E-state index is 11.9. The van der Waals surface area contributed by atoms with Crippen molar-refractivity contribution < 1.29 is 19.4 Å². The summed E-state index contributed by atoms with van der Waals surface area (Å²) in [5.74, 6) is -1.02. The molecule has 0 aromatic rings. The molecule has 0 bridgehead atoms. The highest BCUT2D eigenvalue weighted by molar-refractivity contribution is 5.78. The summed E-state index contributed by atoms with van der Waals surface area (Å²) in [5, 5.41) is 11.7. The van der Waals surface area contributed by atoms with E-state index in [2.05, 4.69) is 19.2 Å². The number of nitrogens with one attached hydrogen (secondary N) is 1. The Labute approximate surface area is 99.9 Å². The number of nitrogens with zero attached hydrogens (tertiary/aromatic N) is 1. The third-order valence-corrected chi connectivity index (χ3v) is 3.44. The minimum absolute atomic E-state index is 0.119. The number of urea groups is 1. The van der Waals surface area contributed by atoms with E-state index < -0.39 is 12.1 Å². The molecule has 1 aliphatic carbocycles. The topological polar surface area (TPSA) is 78.9 Å². The molecule has 2 fully saturated rings. The van der Waals surface area contributed by atoms with E-state index in [1.54, 1.807) is 0 Å². The molecule has 2 amide bonds. The van der Waals surface area contributed by atoms with E-state index in [1.165, 1.54) is 4.90 Å². The monoisotopic (exact) mass is 242 g/mol. The van der Waals surface area contributed by atoms with Crippen LogP contribution in [0.5, 0.6) is 0 Å². The number of carbonyl (C=O) groups is 2. The Morgan fingerprint density at radius 3 is 2.65 bits per heavy atom. The van der Waals surface area contributed by atoms with Crippen LogP contribution < -0.4 is 5.32 Å². The van der Waals surface area contributed by atoms with Gasteiger partial charge >= 0.3 is 12.0 Å². The third kappa shape index (κ3) is 2.69. The summed E-state index contributed by atoms with van der Waals surface area (Å²) in [4.78, 5) is 24.2. The largest absolute Gasteiger partial charge is 0.479 e. The van der Waals surface area contributed by atoms with E-state index in [-0.39, 0.29) is 30.6 Å². The van der Waals surface area contributed by atoms with Gasteiger partial charge < -0.3 is 20.1 Å². The predicted molar refractivity (Wildman–Crippen MR) is 59.7 cm³/mol. The molecular formula is C11H18N2O4. The van der Waals surface area contributed by atoms with Crippen molar-refractivity contribution in [1.29, 1.82) is 0 Å². The zero-order valence-corrected chi connectivity index (χ0v) is 10.1.